The molecule has 1 atom stereocenters. The van der Waals surface area contributed by atoms with Gasteiger partial charge in [0, 0.05) is 13.1 Å². The van der Waals surface area contributed by atoms with Gasteiger partial charge in [-0.25, -0.2) is 8.42 Å². The van der Waals surface area contributed by atoms with Gasteiger partial charge in [0.15, 0.2) is 11.5 Å². The summed E-state index contributed by atoms with van der Waals surface area (Å²) in [6.07, 6.45) is -4.34. The Balaban J connectivity index is 1.79. The van der Waals surface area contributed by atoms with Crippen LogP contribution in [0.5, 0.6) is 11.5 Å². The summed E-state index contributed by atoms with van der Waals surface area (Å²) in [6, 6.07) is 6.16. The van der Waals surface area contributed by atoms with Crippen LogP contribution in [0.25, 0.3) is 0 Å². The van der Waals surface area contributed by atoms with Gasteiger partial charge < -0.3 is 14.4 Å². The zero-order chi connectivity index (χ0) is 23.7. The first-order valence-corrected chi connectivity index (χ1v) is 11.2. The highest BCUT2D eigenvalue weighted by Gasteiger charge is 2.38. The average Bonchev–Trinajstić information content (AvgIpc) is 2.76. The van der Waals surface area contributed by atoms with Crippen molar-refractivity contribution < 1.29 is 35.9 Å². The molecule has 1 aliphatic heterocycles. The number of nitrogens with one attached hydrogen (secondary N) is 1. The standard InChI is InChI=1S/C21H23F3N2O5S/c1-13(25-32(28,29)19-7-5-4-6-16(19)21(22,23)24)20(27)26-9-8-14-10-17(30-2)18(31-3)11-15(14)12-26/h4-7,10-11,13,25H,8-9,12H2,1-3H3. The van der Waals surface area contributed by atoms with E-state index in [1.54, 1.807) is 6.07 Å². The second-order valence-corrected chi connectivity index (χ2v) is 9.00. The number of carbonyl (C=O) groups excluding carboxylic acids is 1. The zero-order valence-corrected chi connectivity index (χ0v) is 18.5. The number of amides is 1. The van der Waals surface area contributed by atoms with Crippen molar-refractivity contribution in [2.24, 2.45) is 0 Å². The van der Waals surface area contributed by atoms with Crippen LogP contribution >= 0.6 is 0 Å². The molecule has 0 aliphatic carbocycles. The topological polar surface area (TPSA) is 84.9 Å². The van der Waals surface area contributed by atoms with Crippen LogP contribution in [0.1, 0.15) is 23.6 Å². The molecule has 0 saturated heterocycles. The van der Waals surface area contributed by atoms with Gasteiger partial charge in [0.2, 0.25) is 15.9 Å². The van der Waals surface area contributed by atoms with E-state index in [1.807, 2.05) is 6.07 Å². The summed E-state index contributed by atoms with van der Waals surface area (Å²) >= 11 is 0. The second-order valence-electron chi connectivity index (χ2n) is 7.32. The SMILES string of the molecule is COc1cc2c(cc1OC)CN(C(=O)C(C)NS(=O)(=O)c1ccccc1C(F)(F)F)CC2. The number of halogens is 3. The number of ether oxygens (including phenoxy) is 2. The Bertz CT molecular complexity index is 1120. The van der Waals surface area contributed by atoms with Gasteiger partial charge in [0.1, 0.15) is 0 Å². The molecule has 0 bridgehead atoms. The van der Waals surface area contributed by atoms with E-state index in [0.717, 1.165) is 23.3 Å². The zero-order valence-electron chi connectivity index (χ0n) is 17.7. The Morgan fingerprint density at radius 1 is 1.09 bits per heavy atom. The maximum Gasteiger partial charge on any atom is 0.417 e. The fraction of sp³-hybridized carbons (Fsp3) is 0.381. The molecule has 3 rings (SSSR count). The molecule has 0 spiro atoms. The van der Waals surface area contributed by atoms with E-state index in [1.165, 1.54) is 32.1 Å². The first-order chi connectivity index (χ1) is 15.0. The van der Waals surface area contributed by atoms with Gasteiger partial charge in [-0.15, -0.1) is 0 Å². The summed E-state index contributed by atoms with van der Waals surface area (Å²) < 4.78 is 77.6. The van der Waals surface area contributed by atoms with Crippen molar-refractivity contribution in [3.05, 3.63) is 53.1 Å². The van der Waals surface area contributed by atoms with Crippen molar-refractivity contribution in [3.63, 3.8) is 0 Å². The maximum atomic E-state index is 13.2. The predicted molar refractivity (Wildman–Crippen MR) is 110 cm³/mol. The van der Waals surface area contributed by atoms with E-state index in [2.05, 4.69) is 4.72 Å². The van der Waals surface area contributed by atoms with Gasteiger partial charge in [-0.3, -0.25) is 4.79 Å². The van der Waals surface area contributed by atoms with Gasteiger partial charge in [-0.2, -0.15) is 17.9 Å². The van der Waals surface area contributed by atoms with Gasteiger partial charge in [0.05, 0.1) is 30.7 Å². The minimum atomic E-state index is -4.85. The molecule has 2 aromatic rings. The normalized spacial score (nSPS) is 15.1. The average molecular weight is 472 g/mol. The second kappa shape index (κ2) is 8.99. The van der Waals surface area contributed by atoms with Crippen LogP contribution in [0, 0.1) is 0 Å². The molecule has 0 saturated carbocycles. The summed E-state index contributed by atoms with van der Waals surface area (Å²) in [5.74, 6) is 0.520. The minimum absolute atomic E-state index is 0.208. The number of carbonyl (C=O) groups is 1. The molecule has 1 heterocycles. The van der Waals surface area contributed by atoms with Crippen molar-refractivity contribution in [1.29, 1.82) is 0 Å². The Hall–Kier alpha value is -2.79. The summed E-state index contributed by atoms with van der Waals surface area (Å²) in [5, 5.41) is 0. The highest BCUT2D eigenvalue weighted by atomic mass is 32.2. The molecule has 11 heteroatoms. The molecule has 1 aliphatic rings. The molecule has 1 unspecified atom stereocenters. The van der Waals surface area contributed by atoms with Crippen LogP contribution in [-0.4, -0.2) is 46.0 Å². The number of alkyl halides is 3. The Morgan fingerprint density at radius 3 is 2.28 bits per heavy atom. The van der Waals surface area contributed by atoms with Crippen LogP contribution in [-0.2, 0) is 34.0 Å². The Kier molecular flexibility index (Phi) is 6.70. The van der Waals surface area contributed by atoms with E-state index in [4.69, 9.17) is 9.47 Å². The van der Waals surface area contributed by atoms with Gasteiger partial charge in [-0.05, 0) is 48.7 Å². The Labute approximate surface area is 184 Å². The largest absolute Gasteiger partial charge is 0.493 e. The first-order valence-electron chi connectivity index (χ1n) is 9.69. The van der Waals surface area contributed by atoms with Gasteiger partial charge >= 0.3 is 6.18 Å². The smallest absolute Gasteiger partial charge is 0.417 e. The minimum Gasteiger partial charge on any atom is -0.493 e. The fourth-order valence-electron chi connectivity index (χ4n) is 3.63. The quantitative estimate of drug-likeness (QED) is 0.699. The van der Waals surface area contributed by atoms with E-state index in [9.17, 15) is 26.4 Å². The van der Waals surface area contributed by atoms with Crippen LogP contribution in [0.2, 0.25) is 0 Å². The molecule has 0 aromatic heterocycles. The lowest BCUT2D eigenvalue weighted by molar-refractivity contribution is -0.139. The summed E-state index contributed by atoms with van der Waals surface area (Å²) in [6.45, 7) is 1.84. The molecule has 0 fully saturated rings. The third-order valence-corrected chi connectivity index (χ3v) is 6.81. The lowest BCUT2D eigenvalue weighted by atomic mass is 9.98. The monoisotopic (exact) mass is 472 g/mol. The van der Waals surface area contributed by atoms with Crippen molar-refractivity contribution in [3.8, 4) is 11.5 Å². The number of hydrogen-bond donors (Lipinski definition) is 1. The summed E-state index contributed by atoms with van der Waals surface area (Å²) in [5.41, 5.74) is 0.499. The number of sulfonamides is 1. The number of fused-ring (bicyclic) bond motifs is 1. The van der Waals surface area contributed by atoms with Crippen molar-refractivity contribution in [2.45, 2.75) is 37.0 Å². The van der Waals surface area contributed by atoms with E-state index < -0.39 is 38.6 Å². The number of nitrogens with zero attached hydrogens (tertiary/aromatic N) is 1. The third kappa shape index (κ3) is 4.83. The molecular weight excluding hydrogens is 449 g/mol. The molecule has 1 N–H and O–H groups in total. The lowest BCUT2D eigenvalue weighted by Crippen LogP contribution is -2.48. The highest BCUT2D eigenvalue weighted by Crippen LogP contribution is 2.35. The fourth-order valence-corrected chi connectivity index (χ4v) is 5.05. The van der Waals surface area contributed by atoms with Crippen LogP contribution in [0.3, 0.4) is 0 Å². The van der Waals surface area contributed by atoms with E-state index in [0.29, 0.717) is 30.5 Å². The van der Waals surface area contributed by atoms with Crippen LogP contribution in [0.4, 0.5) is 13.2 Å². The van der Waals surface area contributed by atoms with Crippen LogP contribution < -0.4 is 14.2 Å². The third-order valence-electron chi connectivity index (χ3n) is 5.21. The summed E-state index contributed by atoms with van der Waals surface area (Å²) in [4.78, 5) is 13.4. The highest BCUT2D eigenvalue weighted by molar-refractivity contribution is 7.89. The lowest BCUT2D eigenvalue weighted by Gasteiger charge is -2.31. The van der Waals surface area contributed by atoms with Gasteiger partial charge in [0.25, 0.3) is 0 Å². The molecule has 2 aromatic carbocycles. The predicted octanol–water partition coefficient (Wildman–Crippen LogP) is 2.97. The summed E-state index contributed by atoms with van der Waals surface area (Å²) in [7, 11) is -1.58. The van der Waals surface area contributed by atoms with Crippen LogP contribution in [0.15, 0.2) is 41.3 Å². The molecule has 174 valence electrons. The van der Waals surface area contributed by atoms with Crippen molar-refractivity contribution >= 4 is 15.9 Å². The number of hydrogen-bond acceptors (Lipinski definition) is 5. The number of methoxy groups -OCH3 is 2. The molecule has 7 nitrogen and oxygen atoms in total. The Morgan fingerprint density at radius 2 is 1.69 bits per heavy atom. The first kappa shape index (κ1) is 23.9. The molecule has 0 radical (unpaired) electrons. The molecule has 32 heavy (non-hydrogen) atoms. The number of benzene rings is 2. The van der Waals surface area contributed by atoms with E-state index in [-0.39, 0.29) is 6.54 Å². The molecular formula is C21H23F3N2O5S. The number of rotatable bonds is 6. The van der Waals surface area contributed by atoms with Gasteiger partial charge in [-0.1, -0.05) is 12.1 Å². The molecule has 1 amide bonds. The van der Waals surface area contributed by atoms with Crippen molar-refractivity contribution in [2.75, 3.05) is 20.8 Å². The van der Waals surface area contributed by atoms with Crippen molar-refractivity contribution in [1.82, 2.24) is 9.62 Å². The van der Waals surface area contributed by atoms with E-state index >= 15 is 0 Å². The maximum absolute atomic E-state index is 13.2.